The van der Waals surface area contributed by atoms with Gasteiger partial charge in [0.15, 0.2) is 5.76 Å². The molecule has 0 aliphatic heterocycles. The Morgan fingerprint density at radius 2 is 1.87 bits per heavy atom. The monoisotopic (exact) mass is 337 g/mol. The molecule has 0 aliphatic carbocycles. The Morgan fingerprint density at radius 1 is 1.17 bits per heavy atom. The Morgan fingerprint density at radius 3 is 2.48 bits per heavy atom. The summed E-state index contributed by atoms with van der Waals surface area (Å²) in [5, 5.41) is 15.9. The number of carbonyl (C=O) groups excluding carboxylic acids is 2. The fourth-order valence-electron chi connectivity index (χ4n) is 1.74. The first-order valence-corrected chi connectivity index (χ1v) is 6.90. The van der Waals surface area contributed by atoms with Gasteiger partial charge in [0.25, 0.3) is 17.5 Å². The molecular weight excluding hydrogens is 326 g/mol. The summed E-state index contributed by atoms with van der Waals surface area (Å²) in [5.74, 6) is -0.804. The molecule has 0 saturated carbocycles. The molecule has 0 radical (unpaired) electrons. The third-order valence-electron chi connectivity index (χ3n) is 2.85. The third kappa shape index (κ3) is 4.30. The summed E-state index contributed by atoms with van der Waals surface area (Å²) >= 11 is 5.86. The maximum Gasteiger partial charge on any atom is 0.287 e. The average Bonchev–Trinajstić information content (AvgIpc) is 3.05. The Balaban J connectivity index is 1.86. The Labute approximate surface area is 135 Å². The summed E-state index contributed by atoms with van der Waals surface area (Å²) in [7, 11) is 0. The first-order valence-electron chi connectivity index (χ1n) is 6.53. The molecule has 1 aromatic heterocycles. The summed E-state index contributed by atoms with van der Waals surface area (Å²) in [6, 6.07) is 6.69. The number of rotatable bonds is 6. The van der Waals surface area contributed by atoms with Gasteiger partial charge in [-0.1, -0.05) is 11.6 Å². The molecule has 2 aromatic rings. The summed E-state index contributed by atoms with van der Waals surface area (Å²) in [5.41, 5.74) is -0.233. The van der Waals surface area contributed by atoms with Crippen LogP contribution in [0, 0.1) is 10.1 Å². The van der Waals surface area contributed by atoms with Crippen molar-refractivity contribution in [3.05, 3.63) is 63.1 Å². The van der Waals surface area contributed by atoms with E-state index in [4.69, 9.17) is 16.0 Å². The summed E-state index contributed by atoms with van der Waals surface area (Å²) in [6.45, 7) is 0.294. The molecule has 1 heterocycles. The molecule has 1 aromatic carbocycles. The second kappa shape index (κ2) is 7.41. The highest BCUT2D eigenvalue weighted by Crippen LogP contribution is 2.21. The lowest BCUT2D eigenvalue weighted by Crippen LogP contribution is -2.34. The van der Waals surface area contributed by atoms with Crippen LogP contribution < -0.4 is 10.6 Å². The highest BCUT2D eigenvalue weighted by molar-refractivity contribution is 6.33. The van der Waals surface area contributed by atoms with Crippen molar-refractivity contribution < 1.29 is 18.9 Å². The first-order chi connectivity index (χ1) is 11.0. The first kappa shape index (κ1) is 16.5. The van der Waals surface area contributed by atoms with Crippen LogP contribution in [0.15, 0.2) is 41.0 Å². The molecule has 0 bridgehead atoms. The zero-order valence-corrected chi connectivity index (χ0v) is 12.5. The SMILES string of the molecule is O=C(NCCNC(=O)c1cc([N+](=O)[O-])ccc1Cl)c1ccco1. The fourth-order valence-corrected chi connectivity index (χ4v) is 1.95. The van der Waals surface area contributed by atoms with E-state index < -0.39 is 16.7 Å². The van der Waals surface area contributed by atoms with E-state index in [2.05, 4.69) is 10.6 Å². The number of nitrogens with zero attached hydrogens (tertiary/aromatic N) is 1. The van der Waals surface area contributed by atoms with Crippen molar-refractivity contribution >= 4 is 29.1 Å². The number of halogens is 1. The number of amides is 2. The number of furan rings is 1. The molecule has 0 atom stereocenters. The number of carbonyl (C=O) groups is 2. The predicted molar refractivity (Wildman–Crippen MR) is 81.5 cm³/mol. The van der Waals surface area contributed by atoms with E-state index in [1.807, 2.05) is 0 Å². The minimum atomic E-state index is -0.614. The topological polar surface area (TPSA) is 114 Å². The standard InChI is InChI=1S/C14H12ClN3O5/c15-11-4-3-9(18(21)22)8-10(11)13(19)16-5-6-17-14(20)12-2-1-7-23-12/h1-4,7-8H,5-6H2,(H,16,19)(H,17,20). The van der Waals surface area contributed by atoms with Crippen molar-refractivity contribution in [1.29, 1.82) is 0 Å². The van der Waals surface area contributed by atoms with E-state index in [0.29, 0.717) is 0 Å². The molecular formula is C14H12ClN3O5. The van der Waals surface area contributed by atoms with E-state index in [9.17, 15) is 19.7 Å². The lowest BCUT2D eigenvalue weighted by Gasteiger charge is -2.07. The number of non-ortho nitro benzene ring substituents is 1. The quantitative estimate of drug-likeness (QED) is 0.475. The Hall–Kier alpha value is -2.87. The van der Waals surface area contributed by atoms with Crippen LogP contribution in [0.2, 0.25) is 5.02 Å². The van der Waals surface area contributed by atoms with Crippen molar-refractivity contribution in [3.8, 4) is 0 Å². The third-order valence-corrected chi connectivity index (χ3v) is 3.18. The molecule has 2 rings (SSSR count). The average molecular weight is 338 g/mol. The van der Waals surface area contributed by atoms with Crippen molar-refractivity contribution in [2.75, 3.05) is 13.1 Å². The highest BCUT2D eigenvalue weighted by Gasteiger charge is 2.15. The highest BCUT2D eigenvalue weighted by atomic mass is 35.5. The molecule has 23 heavy (non-hydrogen) atoms. The second-order valence-corrected chi connectivity index (χ2v) is 4.82. The lowest BCUT2D eigenvalue weighted by atomic mass is 10.2. The molecule has 0 fully saturated rings. The lowest BCUT2D eigenvalue weighted by molar-refractivity contribution is -0.384. The van der Waals surface area contributed by atoms with Gasteiger partial charge < -0.3 is 15.1 Å². The Bertz CT molecular complexity index is 730. The van der Waals surface area contributed by atoms with Gasteiger partial charge in [-0.25, -0.2) is 0 Å². The molecule has 2 amide bonds. The zero-order valence-electron chi connectivity index (χ0n) is 11.7. The Kier molecular flexibility index (Phi) is 5.32. The number of hydrogen-bond donors (Lipinski definition) is 2. The molecule has 0 saturated heterocycles. The summed E-state index contributed by atoms with van der Waals surface area (Å²) < 4.78 is 4.91. The molecule has 0 spiro atoms. The van der Waals surface area contributed by atoms with Crippen molar-refractivity contribution in [1.82, 2.24) is 10.6 Å². The van der Waals surface area contributed by atoms with Gasteiger partial charge in [0.2, 0.25) is 0 Å². The number of nitro benzene ring substituents is 1. The maximum atomic E-state index is 12.0. The van der Waals surface area contributed by atoms with Crippen LogP contribution in [-0.2, 0) is 0 Å². The number of benzene rings is 1. The van der Waals surface area contributed by atoms with Crippen molar-refractivity contribution in [2.24, 2.45) is 0 Å². The normalized spacial score (nSPS) is 10.1. The number of nitrogens with one attached hydrogen (secondary N) is 2. The van der Waals surface area contributed by atoms with E-state index in [-0.39, 0.29) is 35.1 Å². The molecule has 8 nitrogen and oxygen atoms in total. The molecule has 9 heteroatoms. The van der Waals surface area contributed by atoms with Crippen LogP contribution in [0.25, 0.3) is 0 Å². The van der Waals surface area contributed by atoms with Gasteiger partial charge in [-0.3, -0.25) is 19.7 Å². The molecule has 0 unspecified atom stereocenters. The van der Waals surface area contributed by atoms with Crippen molar-refractivity contribution in [2.45, 2.75) is 0 Å². The zero-order chi connectivity index (χ0) is 16.8. The minimum absolute atomic E-state index is 0.00164. The van der Waals surface area contributed by atoms with Crippen LogP contribution in [0.5, 0.6) is 0 Å². The van der Waals surface area contributed by atoms with Crippen LogP contribution >= 0.6 is 11.6 Å². The fraction of sp³-hybridized carbons (Fsp3) is 0.143. The van der Waals surface area contributed by atoms with Gasteiger partial charge >= 0.3 is 0 Å². The predicted octanol–water partition coefficient (Wildman–Crippen LogP) is 2.00. The van der Waals surface area contributed by atoms with Gasteiger partial charge in [-0.15, -0.1) is 0 Å². The number of hydrogen-bond acceptors (Lipinski definition) is 5. The van der Waals surface area contributed by atoms with Gasteiger partial charge in [-0.05, 0) is 18.2 Å². The van der Waals surface area contributed by atoms with E-state index in [1.165, 1.54) is 24.5 Å². The van der Waals surface area contributed by atoms with E-state index in [1.54, 1.807) is 6.07 Å². The smallest absolute Gasteiger partial charge is 0.287 e. The van der Waals surface area contributed by atoms with Crippen LogP contribution in [0.4, 0.5) is 5.69 Å². The summed E-state index contributed by atoms with van der Waals surface area (Å²) in [4.78, 5) is 33.6. The van der Waals surface area contributed by atoms with Crippen LogP contribution in [0.3, 0.4) is 0 Å². The van der Waals surface area contributed by atoms with Gasteiger partial charge in [0.05, 0.1) is 21.8 Å². The largest absolute Gasteiger partial charge is 0.459 e. The summed E-state index contributed by atoms with van der Waals surface area (Å²) in [6.07, 6.45) is 1.38. The second-order valence-electron chi connectivity index (χ2n) is 4.41. The maximum absolute atomic E-state index is 12.0. The van der Waals surface area contributed by atoms with Gasteiger partial charge in [0, 0.05) is 25.2 Å². The van der Waals surface area contributed by atoms with Gasteiger partial charge in [0.1, 0.15) is 0 Å². The van der Waals surface area contributed by atoms with Crippen LogP contribution in [-0.4, -0.2) is 29.8 Å². The van der Waals surface area contributed by atoms with E-state index in [0.717, 1.165) is 6.07 Å². The van der Waals surface area contributed by atoms with Gasteiger partial charge in [-0.2, -0.15) is 0 Å². The van der Waals surface area contributed by atoms with Crippen molar-refractivity contribution in [3.63, 3.8) is 0 Å². The molecule has 120 valence electrons. The molecule has 0 aliphatic rings. The molecule has 2 N–H and O–H groups in total. The van der Waals surface area contributed by atoms with Crippen LogP contribution in [0.1, 0.15) is 20.9 Å². The minimum Gasteiger partial charge on any atom is -0.459 e. The van der Waals surface area contributed by atoms with E-state index >= 15 is 0 Å². The number of nitro groups is 1.